The van der Waals surface area contributed by atoms with E-state index in [0.717, 1.165) is 6.07 Å². The van der Waals surface area contributed by atoms with Gasteiger partial charge in [-0.05, 0) is 31.2 Å². The summed E-state index contributed by atoms with van der Waals surface area (Å²) in [5.41, 5.74) is -0.387. The minimum absolute atomic E-state index is 0.00313. The predicted octanol–water partition coefficient (Wildman–Crippen LogP) is 3.85. The number of sulfonamides is 1. The topological polar surface area (TPSA) is 89.9 Å². The summed E-state index contributed by atoms with van der Waals surface area (Å²) in [6, 6.07) is 4.86. The monoisotopic (exact) mass is 490 g/mol. The van der Waals surface area contributed by atoms with Gasteiger partial charge in [-0.2, -0.15) is 4.31 Å². The van der Waals surface area contributed by atoms with Crippen molar-refractivity contribution >= 4 is 15.7 Å². The largest absolute Gasteiger partial charge is 0.393 e. The highest BCUT2D eigenvalue weighted by Gasteiger charge is 2.30. The lowest BCUT2D eigenvalue weighted by atomic mass is 9.95. The predicted molar refractivity (Wildman–Crippen MR) is 114 cm³/mol. The highest BCUT2D eigenvalue weighted by atomic mass is 32.2. The first-order chi connectivity index (χ1) is 15.5. The molecule has 1 saturated heterocycles. The highest BCUT2D eigenvalue weighted by molar-refractivity contribution is 7.89. The summed E-state index contributed by atoms with van der Waals surface area (Å²) < 4.78 is 81.5. The number of alkyl halides is 1. The quantitative estimate of drug-likeness (QED) is 0.325. The standard InChI is InChI=1S/C22H26F4N2O4S/c1-13-3-2-7-28(8-6-19(13)29)33(31,32)20-9-14(4-5-15(20)12-23)22(30)27-16-10-17(24)21(26)18(25)11-16/h4-5,9-11,13,19,22,27,29-30H,2-3,6-8,12H2,1H3. The van der Waals surface area contributed by atoms with E-state index in [2.05, 4.69) is 5.32 Å². The minimum Gasteiger partial charge on any atom is -0.393 e. The Morgan fingerprint density at radius 1 is 1.12 bits per heavy atom. The summed E-state index contributed by atoms with van der Waals surface area (Å²) in [7, 11) is -4.16. The number of halogens is 4. The van der Waals surface area contributed by atoms with Crippen LogP contribution in [0.3, 0.4) is 0 Å². The molecule has 3 rings (SSSR count). The van der Waals surface area contributed by atoms with E-state index in [4.69, 9.17) is 0 Å². The van der Waals surface area contributed by atoms with Crippen LogP contribution >= 0.6 is 0 Å². The van der Waals surface area contributed by atoms with E-state index in [1.807, 2.05) is 6.92 Å². The van der Waals surface area contributed by atoms with Crippen LogP contribution in [0.2, 0.25) is 0 Å². The van der Waals surface area contributed by atoms with Crippen LogP contribution in [0.15, 0.2) is 35.2 Å². The molecule has 3 N–H and O–H groups in total. The van der Waals surface area contributed by atoms with Crippen LogP contribution in [-0.4, -0.2) is 42.1 Å². The van der Waals surface area contributed by atoms with Gasteiger partial charge >= 0.3 is 0 Å². The maximum atomic E-state index is 13.6. The molecule has 1 aliphatic heterocycles. The smallest absolute Gasteiger partial charge is 0.243 e. The zero-order valence-corrected chi connectivity index (χ0v) is 18.8. The van der Waals surface area contributed by atoms with Crippen molar-refractivity contribution in [2.45, 2.75) is 50.1 Å². The van der Waals surface area contributed by atoms with Gasteiger partial charge in [0.1, 0.15) is 6.67 Å². The normalized spacial score (nSPS) is 21.3. The van der Waals surface area contributed by atoms with E-state index >= 15 is 0 Å². The third-order valence-electron chi connectivity index (χ3n) is 5.85. The maximum absolute atomic E-state index is 13.6. The molecule has 3 atom stereocenters. The fraction of sp³-hybridized carbons (Fsp3) is 0.455. The van der Waals surface area contributed by atoms with Crippen LogP contribution in [0.25, 0.3) is 0 Å². The molecule has 182 valence electrons. The van der Waals surface area contributed by atoms with Crippen molar-refractivity contribution in [3.8, 4) is 0 Å². The zero-order valence-electron chi connectivity index (χ0n) is 17.9. The van der Waals surface area contributed by atoms with Gasteiger partial charge in [-0.3, -0.25) is 0 Å². The van der Waals surface area contributed by atoms with E-state index in [0.29, 0.717) is 25.0 Å². The van der Waals surface area contributed by atoms with Crippen molar-refractivity contribution in [3.05, 3.63) is 58.9 Å². The SMILES string of the molecule is CC1CCCN(S(=O)(=O)c2cc(C(O)Nc3cc(F)c(F)c(F)c3)ccc2CF)CCC1O. The molecule has 0 bridgehead atoms. The summed E-state index contributed by atoms with van der Waals surface area (Å²) in [6.07, 6.45) is -0.883. The Morgan fingerprint density at radius 3 is 2.42 bits per heavy atom. The van der Waals surface area contributed by atoms with Gasteiger partial charge in [0.2, 0.25) is 10.0 Å². The molecule has 2 aromatic carbocycles. The number of hydrogen-bond donors (Lipinski definition) is 3. The molecule has 3 unspecified atom stereocenters. The van der Waals surface area contributed by atoms with Gasteiger partial charge in [-0.1, -0.05) is 19.1 Å². The first-order valence-electron chi connectivity index (χ1n) is 10.5. The third-order valence-corrected chi connectivity index (χ3v) is 7.83. The number of aliphatic hydroxyl groups is 2. The van der Waals surface area contributed by atoms with Gasteiger partial charge in [0, 0.05) is 42.0 Å². The number of aliphatic hydroxyl groups excluding tert-OH is 2. The van der Waals surface area contributed by atoms with Crippen LogP contribution < -0.4 is 5.32 Å². The molecule has 0 radical (unpaired) electrons. The Labute approximate surface area is 189 Å². The molecule has 33 heavy (non-hydrogen) atoms. The maximum Gasteiger partial charge on any atom is 0.243 e. The lowest BCUT2D eigenvalue weighted by Gasteiger charge is -2.29. The Morgan fingerprint density at radius 2 is 1.79 bits per heavy atom. The Bertz CT molecular complexity index is 1080. The summed E-state index contributed by atoms with van der Waals surface area (Å²) in [5.74, 6) is -4.55. The molecule has 1 aliphatic rings. The first kappa shape index (κ1) is 25.4. The number of benzene rings is 2. The second kappa shape index (κ2) is 10.4. The van der Waals surface area contributed by atoms with Crippen molar-refractivity contribution in [2.75, 3.05) is 18.4 Å². The summed E-state index contributed by atoms with van der Waals surface area (Å²) in [4.78, 5) is -0.345. The van der Waals surface area contributed by atoms with Gasteiger partial charge in [0.05, 0.1) is 11.0 Å². The van der Waals surface area contributed by atoms with Gasteiger partial charge in [-0.25, -0.2) is 26.0 Å². The van der Waals surface area contributed by atoms with E-state index in [-0.39, 0.29) is 47.1 Å². The van der Waals surface area contributed by atoms with Gasteiger partial charge in [-0.15, -0.1) is 0 Å². The van der Waals surface area contributed by atoms with Crippen molar-refractivity contribution in [1.82, 2.24) is 4.31 Å². The summed E-state index contributed by atoms with van der Waals surface area (Å²) >= 11 is 0. The molecule has 0 aromatic heterocycles. The van der Waals surface area contributed by atoms with Crippen LogP contribution in [-0.2, 0) is 16.7 Å². The van der Waals surface area contributed by atoms with Crippen molar-refractivity contribution < 1.29 is 36.2 Å². The first-order valence-corrected chi connectivity index (χ1v) is 11.9. The van der Waals surface area contributed by atoms with Crippen LogP contribution in [0.1, 0.15) is 43.5 Å². The molecule has 1 fully saturated rings. The highest BCUT2D eigenvalue weighted by Crippen LogP contribution is 2.29. The van der Waals surface area contributed by atoms with E-state index in [9.17, 15) is 36.2 Å². The molecular formula is C22H26F4N2O4S. The Balaban J connectivity index is 1.89. The average Bonchev–Trinajstić information content (AvgIpc) is 2.77. The Kier molecular flexibility index (Phi) is 7.99. The molecular weight excluding hydrogens is 464 g/mol. The van der Waals surface area contributed by atoms with Crippen LogP contribution in [0.4, 0.5) is 23.2 Å². The van der Waals surface area contributed by atoms with E-state index in [1.54, 1.807) is 0 Å². The van der Waals surface area contributed by atoms with Crippen molar-refractivity contribution in [1.29, 1.82) is 0 Å². The molecule has 0 saturated carbocycles. The molecule has 11 heteroatoms. The van der Waals surface area contributed by atoms with Crippen molar-refractivity contribution in [2.24, 2.45) is 5.92 Å². The van der Waals surface area contributed by atoms with Gasteiger partial charge in [0.15, 0.2) is 23.7 Å². The summed E-state index contributed by atoms with van der Waals surface area (Å²) in [6.45, 7) is 1.08. The fourth-order valence-corrected chi connectivity index (χ4v) is 5.54. The van der Waals surface area contributed by atoms with Crippen LogP contribution in [0, 0.1) is 23.4 Å². The molecule has 0 spiro atoms. The number of nitrogens with one attached hydrogen (secondary N) is 1. The van der Waals surface area contributed by atoms with Gasteiger partial charge < -0.3 is 15.5 Å². The molecule has 0 aliphatic carbocycles. The molecule has 6 nitrogen and oxygen atoms in total. The second-order valence-electron chi connectivity index (χ2n) is 8.18. The summed E-state index contributed by atoms with van der Waals surface area (Å²) in [5, 5.41) is 23.0. The van der Waals surface area contributed by atoms with Gasteiger partial charge in [0.25, 0.3) is 0 Å². The lowest BCUT2D eigenvalue weighted by molar-refractivity contribution is 0.0863. The van der Waals surface area contributed by atoms with Crippen LogP contribution in [0.5, 0.6) is 0 Å². The minimum atomic E-state index is -4.16. The van der Waals surface area contributed by atoms with E-state index < -0.39 is 46.5 Å². The number of rotatable bonds is 6. The average molecular weight is 491 g/mol. The zero-order chi connectivity index (χ0) is 24.3. The molecule has 1 heterocycles. The molecule has 0 amide bonds. The number of anilines is 1. The fourth-order valence-electron chi connectivity index (χ4n) is 3.81. The Hall–Kier alpha value is -2.21. The number of hydrogen-bond acceptors (Lipinski definition) is 5. The number of nitrogens with zero attached hydrogens (tertiary/aromatic N) is 1. The molecule has 2 aromatic rings. The van der Waals surface area contributed by atoms with E-state index in [1.165, 1.54) is 16.4 Å². The second-order valence-corrected chi connectivity index (χ2v) is 10.1. The lowest BCUT2D eigenvalue weighted by Crippen LogP contribution is -2.38. The van der Waals surface area contributed by atoms with Crippen molar-refractivity contribution in [3.63, 3.8) is 0 Å². The third kappa shape index (κ3) is 5.65.